The molecule has 0 spiro atoms. The molecule has 5 rings (SSSR count). The van der Waals surface area contributed by atoms with Crippen LogP contribution in [-0.2, 0) is 4.79 Å². The predicted octanol–water partition coefficient (Wildman–Crippen LogP) is 1.75. The van der Waals surface area contributed by atoms with Crippen molar-refractivity contribution in [3.8, 4) is 17.3 Å². The lowest BCUT2D eigenvalue weighted by molar-refractivity contribution is -0.126. The van der Waals surface area contributed by atoms with Gasteiger partial charge in [0.05, 0.1) is 0 Å². The van der Waals surface area contributed by atoms with Gasteiger partial charge >= 0.3 is 0 Å². The zero-order chi connectivity index (χ0) is 20.3. The van der Waals surface area contributed by atoms with Gasteiger partial charge in [-0.25, -0.2) is 4.98 Å². The van der Waals surface area contributed by atoms with E-state index in [9.17, 15) is 4.79 Å². The van der Waals surface area contributed by atoms with E-state index in [1.807, 2.05) is 41.4 Å². The lowest BCUT2D eigenvalue weighted by atomic mass is 10.2. The van der Waals surface area contributed by atoms with Gasteiger partial charge in [-0.3, -0.25) is 9.36 Å². The molecule has 30 heavy (non-hydrogen) atoms. The van der Waals surface area contributed by atoms with Crippen LogP contribution in [0.2, 0.25) is 0 Å². The number of aromatic nitrogens is 4. The summed E-state index contributed by atoms with van der Waals surface area (Å²) in [4.78, 5) is 20.5. The summed E-state index contributed by atoms with van der Waals surface area (Å²) in [5.74, 6) is 2.96. The smallest absolute Gasteiger partial charge is 0.246 e. The molecule has 0 N–H and O–H groups in total. The van der Waals surface area contributed by atoms with E-state index in [4.69, 9.17) is 9.47 Å². The third kappa shape index (κ3) is 3.69. The van der Waals surface area contributed by atoms with Crippen molar-refractivity contribution in [3.05, 3.63) is 60.7 Å². The van der Waals surface area contributed by atoms with Crippen LogP contribution in [0.15, 0.2) is 55.1 Å². The molecular weight excluding hydrogens is 384 g/mol. The van der Waals surface area contributed by atoms with Crippen LogP contribution in [0.5, 0.6) is 11.5 Å². The minimum atomic E-state index is -0.00569. The first-order valence-corrected chi connectivity index (χ1v) is 9.70. The highest BCUT2D eigenvalue weighted by molar-refractivity contribution is 5.92. The normalized spacial score (nSPS) is 15.7. The van der Waals surface area contributed by atoms with Gasteiger partial charge < -0.3 is 19.3 Å². The number of rotatable bonds is 4. The molecule has 0 bridgehead atoms. The number of fused-ring (bicyclic) bond motifs is 1. The van der Waals surface area contributed by atoms with Gasteiger partial charge in [0.15, 0.2) is 23.1 Å². The molecule has 1 saturated heterocycles. The number of piperazine rings is 1. The fraction of sp³-hybridized carbons (Fsp3) is 0.238. The van der Waals surface area contributed by atoms with Crippen LogP contribution in [0.25, 0.3) is 11.9 Å². The molecule has 0 aliphatic carbocycles. The second kappa shape index (κ2) is 7.86. The molecule has 152 valence electrons. The van der Waals surface area contributed by atoms with Crippen molar-refractivity contribution in [2.75, 3.05) is 37.9 Å². The van der Waals surface area contributed by atoms with Crippen molar-refractivity contribution in [1.82, 2.24) is 24.6 Å². The van der Waals surface area contributed by atoms with E-state index in [2.05, 4.69) is 20.1 Å². The number of benzene rings is 1. The van der Waals surface area contributed by atoms with E-state index >= 15 is 0 Å². The standard InChI is InChI=1S/C21H20N6O3/c28-21(6-2-16-1-3-17-18(13-16)30-15-29-17)26-11-9-25(10-12-26)19-4-5-20(24-23-19)27-8-7-22-14-27/h1-8,13-14H,9-12,15H2/b6-2+. The number of hydrogen-bond acceptors (Lipinski definition) is 7. The van der Waals surface area contributed by atoms with Gasteiger partial charge in [0, 0.05) is 44.6 Å². The minimum absolute atomic E-state index is 0.00569. The second-order valence-corrected chi connectivity index (χ2v) is 6.98. The summed E-state index contributed by atoms with van der Waals surface area (Å²) in [5, 5.41) is 8.58. The highest BCUT2D eigenvalue weighted by Gasteiger charge is 2.21. The Morgan fingerprint density at radius 3 is 2.53 bits per heavy atom. The topological polar surface area (TPSA) is 85.6 Å². The third-order valence-corrected chi connectivity index (χ3v) is 5.14. The van der Waals surface area contributed by atoms with Crippen LogP contribution in [0.4, 0.5) is 5.82 Å². The van der Waals surface area contributed by atoms with E-state index in [1.54, 1.807) is 29.2 Å². The maximum absolute atomic E-state index is 12.6. The Kier molecular flexibility index (Phi) is 4.76. The number of ether oxygens (including phenoxy) is 2. The molecule has 3 aromatic rings. The fourth-order valence-corrected chi connectivity index (χ4v) is 3.46. The van der Waals surface area contributed by atoms with Gasteiger partial charge in [-0.05, 0) is 35.9 Å². The van der Waals surface area contributed by atoms with E-state index in [-0.39, 0.29) is 12.7 Å². The van der Waals surface area contributed by atoms with Crippen LogP contribution >= 0.6 is 0 Å². The zero-order valence-corrected chi connectivity index (χ0v) is 16.2. The van der Waals surface area contributed by atoms with Gasteiger partial charge in [-0.2, -0.15) is 0 Å². The Balaban J connectivity index is 1.17. The Morgan fingerprint density at radius 1 is 0.967 bits per heavy atom. The van der Waals surface area contributed by atoms with Crippen molar-refractivity contribution in [2.24, 2.45) is 0 Å². The van der Waals surface area contributed by atoms with E-state index in [1.165, 1.54) is 0 Å². The SMILES string of the molecule is O=C(/C=C/c1ccc2c(c1)OCO2)N1CCN(c2ccc(-n3ccnc3)nn2)CC1. The predicted molar refractivity (Wildman–Crippen MR) is 110 cm³/mol. The van der Waals surface area contributed by atoms with Crippen LogP contribution < -0.4 is 14.4 Å². The van der Waals surface area contributed by atoms with Gasteiger partial charge in [0.2, 0.25) is 12.7 Å². The molecule has 4 heterocycles. The monoisotopic (exact) mass is 404 g/mol. The zero-order valence-electron chi connectivity index (χ0n) is 16.2. The summed E-state index contributed by atoms with van der Waals surface area (Å²) < 4.78 is 12.5. The molecule has 9 heteroatoms. The first-order chi connectivity index (χ1) is 14.8. The number of carbonyl (C=O) groups is 1. The quantitative estimate of drug-likeness (QED) is 0.613. The van der Waals surface area contributed by atoms with Gasteiger partial charge in [0.25, 0.3) is 0 Å². The van der Waals surface area contributed by atoms with Crippen molar-refractivity contribution >= 4 is 17.8 Å². The Hall–Kier alpha value is -3.88. The largest absolute Gasteiger partial charge is 0.454 e. The number of amides is 1. The molecule has 1 amide bonds. The third-order valence-electron chi connectivity index (χ3n) is 5.14. The lowest BCUT2D eigenvalue weighted by Gasteiger charge is -2.34. The fourth-order valence-electron chi connectivity index (χ4n) is 3.46. The van der Waals surface area contributed by atoms with Crippen molar-refractivity contribution in [2.45, 2.75) is 0 Å². The maximum Gasteiger partial charge on any atom is 0.246 e. The molecule has 1 fully saturated rings. The molecule has 2 aliphatic rings. The highest BCUT2D eigenvalue weighted by Crippen LogP contribution is 2.32. The number of anilines is 1. The Labute approximate surface area is 173 Å². The van der Waals surface area contributed by atoms with Crippen molar-refractivity contribution in [1.29, 1.82) is 0 Å². The van der Waals surface area contributed by atoms with Crippen LogP contribution in [0.1, 0.15) is 5.56 Å². The molecule has 2 aromatic heterocycles. The summed E-state index contributed by atoms with van der Waals surface area (Å²) in [6.45, 7) is 2.93. The molecule has 0 unspecified atom stereocenters. The van der Waals surface area contributed by atoms with Crippen LogP contribution in [0, 0.1) is 0 Å². The number of carbonyl (C=O) groups excluding carboxylic acids is 1. The average molecular weight is 404 g/mol. The van der Waals surface area contributed by atoms with Crippen molar-refractivity contribution in [3.63, 3.8) is 0 Å². The minimum Gasteiger partial charge on any atom is -0.454 e. The molecule has 0 saturated carbocycles. The average Bonchev–Trinajstić information content (AvgIpc) is 3.49. The van der Waals surface area contributed by atoms with Crippen molar-refractivity contribution < 1.29 is 14.3 Å². The summed E-state index contributed by atoms with van der Waals surface area (Å²) in [6.07, 6.45) is 8.62. The molecule has 9 nitrogen and oxygen atoms in total. The summed E-state index contributed by atoms with van der Waals surface area (Å²) >= 11 is 0. The Bertz CT molecular complexity index is 1060. The highest BCUT2D eigenvalue weighted by atomic mass is 16.7. The molecule has 0 atom stereocenters. The Morgan fingerprint density at radius 2 is 1.77 bits per heavy atom. The summed E-state index contributed by atoms with van der Waals surface area (Å²) in [7, 11) is 0. The second-order valence-electron chi connectivity index (χ2n) is 6.98. The molecular formula is C21H20N6O3. The van der Waals surface area contributed by atoms with Gasteiger partial charge in [-0.1, -0.05) is 6.07 Å². The molecule has 0 radical (unpaired) electrons. The number of hydrogen-bond donors (Lipinski definition) is 0. The molecule has 2 aliphatic heterocycles. The van der Waals surface area contributed by atoms with Gasteiger partial charge in [-0.15, -0.1) is 10.2 Å². The van der Waals surface area contributed by atoms with E-state index in [0.29, 0.717) is 31.9 Å². The van der Waals surface area contributed by atoms with Crippen LogP contribution in [0.3, 0.4) is 0 Å². The lowest BCUT2D eigenvalue weighted by Crippen LogP contribution is -2.48. The first kappa shape index (κ1) is 18.2. The van der Waals surface area contributed by atoms with Gasteiger partial charge in [0.1, 0.15) is 6.33 Å². The first-order valence-electron chi connectivity index (χ1n) is 9.70. The summed E-state index contributed by atoms with van der Waals surface area (Å²) in [5.41, 5.74) is 0.902. The molecule has 1 aromatic carbocycles. The van der Waals surface area contributed by atoms with E-state index < -0.39 is 0 Å². The maximum atomic E-state index is 12.6. The van der Waals surface area contributed by atoms with Crippen LogP contribution in [-0.4, -0.2) is 63.5 Å². The number of nitrogens with zero attached hydrogens (tertiary/aromatic N) is 6. The van der Waals surface area contributed by atoms with E-state index in [0.717, 1.165) is 22.9 Å². The summed E-state index contributed by atoms with van der Waals surface area (Å²) in [6, 6.07) is 9.48. The number of imidazole rings is 1.